The van der Waals surface area contributed by atoms with Crippen LogP contribution in [0.3, 0.4) is 0 Å². The van der Waals surface area contributed by atoms with E-state index in [4.69, 9.17) is 9.47 Å². The van der Waals surface area contributed by atoms with Crippen LogP contribution in [0.5, 0.6) is 0 Å². The van der Waals surface area contributed by atoms with Gasteiger partial charge in [0.15, 0.2) is 0 Å². The number of ether oxygens (including phenoxy) is 2. The summed E-state index contributed by atoms with van der Waals surface area (Å²) >= 11 is 0. The van der Waals surface area contributed by atoms with Crippen molar-refractivity contribution in [1.82, 2.24) is 34.9 Å². The number of piperazine rings is 1. The van der Waals surface area contributed by atoms with Crippen molar-refractivity contribution in [1.29, 1.82) is 0 Å². The number of nitrogens with one attached hydrogen (secondary N) is 3. The predicted molar refractivity (Wildman–Crippen MR) is 214 cm³/mol. The number of aromatic nitrogens is 2. The fourth-order valence-corrected chi connectivity index (χ4v) is 7.97. The van der Waals surface area contributed by atoms with Gasteiger partial charge in [0, 0.05) is 50.5 Å². The van der Waals surface area contributed by atoms with Crippen LogP contribution < -0.4 is 21.6 Å². The minimum Gasteiger partial charge on any atom is -0.444 e. The number of aryl methyl sites for hydroxylation is 1. The van der Waals surface area contributed by atoms with Crippen molar-refractivity contribution < 1.29 is 28.7 Å². The number of alkyl carbamates (subject to hydrolysis) is 2. The SMILES string of the molecule is CCN(C1CCC(NC(=O)OC(C)(C)C)CC1)C1CCc2cc(-n3ccc(NC(=O)N4CCN(C(=O)C(C)(C)NC(=O)OC(C)(C)C)CC4)nc3=O)ccc2C1. The molecule has 2 aliphatic carbocycles. The fourth-order valence-electron chi connectivity index (χ4n) is 7.97. The highest BCUT2D eigenvalue weighted by Gasteiger charge is 2.37. The lowest BCUT2D eigenvalue weighted by atomic mass is 9.84. The Morgan fingerprint density at radius 3 is 2.04 bits per heavy atom. The van der Waals surface area contributed by atoms with Gasteiger partial charge in [0.1, 0.15) is 22.6 Å². The maximum Gasteiger partial charge on any atom is 0.408 e. The second-order valence-electron chi connectivity index (χ2n) is 17.8. The summed E-state index contributed by atoms with van der Waals surface area (Å²) in [7, 11) is 0. The van der Waals surface area contributed by atoms with Crippen LogP contribution in [-0.2, 0) is 27.1 Å². The maximum absolute atomic E-state index is 13.2. The van der Waals surface area contributed by atoms with Gasteiger partial charge in [0.25, 0.3) is 0 Å². The van der Waals surface area contributed by atoms with Crippen LogP contribution in [0.4, 0.5) is 20.2 Å². The summed E-state index contributed by atoms with van der Waals surface area (Å²) in [5, 5.41) is 8.43. The van der Waals surface area contributed by atoms with E-state index in [0.717, 1.165) is 57.2 Å². The summed E-state index contributed by atoms with van der Waals surface area (Å²) in [6.45, 7) is 18.4. The van der Waals surface area contributed by atoms with Gasteiger partial charge in [-0.2, -0.15) is 4.98 Å². The van der Waals surface area contributed by atoms with Crippen LogP contribution in [0.1, 0.15) is 106 Å². The zero-order valence-corrected chi connectivity index (χ0v) is 34.7. The Kier molecular flexibility index (Phi) is 13.1. The first-order chi connectivity index (χ1) is 26.2. The van der Waals surface area contributed by atoms with Gasteiger partial charge in [0.2, 0.25) is 5.91 Å². The predicted octanol–water partition coefficient (Wildman–Crippen LogP) is 5.23. The van der Waals surface area contributed by atoms with E-state index in [1.54, 1.807) is 56.7 Å². The highest BCUT2D eigenvalue weighted by Crippen LogP contribution is 2.31. The number of amides is 5. The lowest BCUT2D eigenvalue weighted by Gasteiger charge is -2.43. The first kappa shape index (κ1) is 42.5. The molecule has 1 atom stereocenters. The van der Waals surface area contributed by atoms with E-state index in [-0.39, 0.29) is 50.0 Å². The molecule has 308 valence electrons. The van der Waals surface area contributed by atoms with Crippen molar-refractivity contribution in [2.45, 2.75) is 142 Å². The molecule has 3 aliphatic rings. The molecule has 15 nitrogen and oxygen atoms in total. The number of anilines is 1. The molecule has 1 aromatic carbocycles. The van der Waals surface area contributed by atoms with E-state index in [1.165, 1.54) is 15.7 Å². The summed E-state index contributed by atoms with van der Waals surface area (Å²) in [5.74, 6) is -0.129. The highest BCUT2D eigenvalue weighted by molar-refractivity contribution is 5.90. The second-order valence-corrected chi connectivity index (χ2v) is 17.8. The number of carbonyl (C=O) groups excluding carboxylic acids is 4. The summed E-state index contributed by atoms with van der Waals surface area (Å²) in [4.78, 5) is 74.1. The Labute approximate surface area is 330 Å². The summed E-state index contributed by atoms with van der Waals surface area (Å²) in [5.41, 5.74) is 0.350. The Bertz CT molecular complexity index is 1800. The normalized spacial score (nSPS) is 20.5. The number of hydrogen-bond donors (Lipinski definition) is 3. The number of fused-ring (bicyclic) bond motifs is 1. The Hall–Kier alpha value is -4.66. The van der Waals surface area contributed by atoms with E-state index in [1.807, 2.05) is 26.8 Å². The van der Waals surface area contributed by atoms with Crippen LogP contribution in [0.25, 0.3) is 5.69 Å². The number of urea groups is 1. The number of likely N-dealkylation sites (N-methyl/N-ethyl adjacent to an activating group) is 1. The van der Waals surface area contributed by atoms with E-state index in [2.05, 4.69) is 44.9 Å². The summed E-state index contributed by atoms with van der Waals surface area (Å²) < 4.78 is 12.3. The van der Waals surface area contributed by atoms with Crippen LogP contribution in [0.2, 0.25) is 0 Å². The first-order valence-electron chi connectivity index (χ1n) is 20.0. The van der Waals surface area contributed by atoms with Crippen molar-refractivity contribution >= 4 is 29.9 Å². The molecule has 1 aliphatic heterocycles. The zero-order chi connectivity index (χ0) is 41.0. The van der Waals surface area contributed by atoms with Crippen molar-refractivity contribution in [3.8, 4) is 5.69 Å². The molecule has 1 aromatic heterocycles. The number of carbonyl (C=O) groups is 4. The van der Waals surface area contributed by atoms with Gasteiger partial charge in [-0.15, -0.1) is 0 Å². The number of benzene rings is 1. The van der Waals surface area contributed by atoms with E-state index < -0.39 is 34.6 Å². The molecule has 56 heavy (non-hydrogen) atoms. The molecular weight excluding hydrogens is 716 g/mol. The van der Waals surface area contributed by atoms with Gasteiger partial charge in [-0.3, -0.25) is 19.6 Å². The van der Waals surface area contributed by atoms with Crippen molar-refractivity contribution in [3.63, 3.8) is 0 Å². The van der Waals surface area contributed by atoms with Gasteiger partial charge in [-0.05, 0) is 136 Å². The molecule has 15 heteroatoms. The second kappa shape index (κ2) is 17.2. The van der Waals surface area contributed by atoms with Gasteiger partial charge in [-0.1, -0.05) is 13.0 Å². The topological polar surface area (TPSA) is 167 Å². The monoisotopic (exact) mass is 778 g/mol. The molecule has 0 radical (unpaired) electrons. The highest BCUT2D eigenvalue weighted by atomic mass is 16.6. The molecule has 5 rings (SSSR count). The molecule has 3 N–H and O–H groups in total. The lowest BCUT2D eigenvalue weighted by Crippen LogP contribution is -2.60. The molecule has 2 aromatic rings. The minimum absolute atomic E-state index is 0.143. The van der Waals surface area contributed by atoms with E-state index in [9.17, 15) is 24.0 Å². The Balaban J connectivity index is 1.11. The third kappa shape index (κ3) is 11.2. The standard InChI is InChI=1S/C41H62N8O7/c1-10-48(30-17-13-29(14-18-30)42-37(53)55-39(2,3)4)31-15-11-28-26-32(16-12-27(28)25-31)49-20-19-33(44-36(49)52)43-35(51)47-23-21-46(22-24-47)34(50)41(8,9)45-38(54)56-40(5,6)7/h12,16,19-20,26,29-31H,10-11,13-15,17-18,21-25H2,1-9H3,(H,42,53)(H,45,54)(H,43,44,51,52). The molecular formula is C41H62N8O7. The first-order valence-corrected chi connectivity index (χ1v) is 20.0. The minimum atomic E-state index is -1.19. The van der Waals surface area contributed by atoms with Gasteiger partial charge < -0.3 is 29.9 Å². The molecule has 1 unspecified atom stereocenters. The van der Waals surface area contributed by atoms with Crippen molar-refractivity contribution in [2.75, 3.05) is 38.0 Å². The van der Waals surface area contributed by atoms with Crippen LogP contribution in [0.15, 0.2) is 35.3 Å². The zero-order valence-electron chi connectivity index (χ0n) is 34.7. The lowest BCUT2D eigenvalue weighted by molar-refractivity contribution is -0.138. The van der Waals surface area contributed by atoms with Gasteiger partial charge in [-0.25, -0.2) is 19.2 Å². The molecule has 1 saturated heterocycles. The Morgan fingerprint density at radius 2 is 1.43 bits per heavy atom. The molecule has 1 saturated carbocycles. The van der Waals surface area contributed by atoms with E-state index in [0.29, 0.717) is 12.1 Å². The average Bonchev–Trinajstić information content (AvgIpc) is 3.10. The van der Waals surface area contributed by atoms with Crippen LogP contribution in [-0.4, -0.2) is 116 Å². The summed E-state index contributed by atoms with van der Waals surface area (Å²) in [6, 6.07) is 8.39. The molecule has 0 bridgehead atoms. The number of nitrogens with zero attached hydrogens (tertiary/aromatic N) is 5. The third-order valence-corrected chi connectivity index (χ3v) is 10.6. The van der Waals surface area contributed by atoms with E-state index >= 15 is 0 Å². The third-order valence-electron chi connectivity index (χ3n) is 10.6. The number of rotatable bonds is 8. The van der Waals surface area contributed by atoms with Crippen molar-refractivity contribution in [3.05, 3.63) is 52.1 Å². The smallest absolute Gasteiger partial charge is 0.408 e. The van der Waals surface area contributed by atoms with Crippen LogP contribution in [0, 0.1) is 0 Å². The van der Waals surface area contributed by atoms with Gasteiger partial charge in [0.05, 0.1) is 5.69 Å². The van der Waals surface area contributed by atoms with Crippen LogP contribution >= 0.6 is 0 Å². The molecule has 2 heterocycles. The maximum atomic E-state index is 13.2. The van der Waals surface area contributed by atoms with Crippen molar-refractivity contribution in [2.24, 2.45) is 0 Å². The molecule has 5 amide bonds. The summed E-state index contributed by atoms with van der Waals surface area (Å²) in [6.07, 6.45) is 7.45. The molecule has 2 fully saturated rings. The van der Waals surface area contributed by atoms with Gasteiger partial charge >= 0.3 is 23.9 Å². The molecule has 0 spiro atoms. The average molecular weight is 779 g/mol. The fraction of sp³-hybridized carbons (Fsp3) is 0.659. The number of hydrogen-bond acceptors (Lipinski definition) is 9. The largest absolute Gasteiger partial charge is 0.444 e. The Morgan fingerprint density at radius 1 is 0.804 bits per heavy atom. The quantitative estimate of drug-likeness (QED) is 0.325.